The third kappa shape index (κ3) is 3.70. The first-order chi connectivity index (χ1) is 10.1. The molecule has 0 saturated carbocycles. The number of methoxy groups -OCH3 is 1. The van der Waals surface area contributed by atoms with Crippen molar-refractivity contribution in [2.75, 3.05) is 7.11 Å². The van der Waals surface area contributed by atoms with E-state index in [1.54, 1.807) is 30.1 Å². The number of rotatable bonds is 6. The van der Waals surface area contributed by atoms with Gasteiger partial charge in [0, 0.05) is 13.0 Å². The van der Waals surface area contributed by atoms with Crippen LogP contribution in [-0.4, -0.2) is 22.0 Å². The molecule has 0 spiro atoms. The van der Waals surface area contributed by atoms with Crippen molar-refractivity contribution in [3.63, 3.8) is 0 Å². The maximum Gasteiger partial charge on any atom is 0.162 e. The SMILES string of the molecule is CCCn1ncc(OC)c1C(O)Cc1ccc(Cl)c(Cl)c1. The molecule has 1 unspecified atom stereocenters. The minimum atomic E-state index is -0.716. The highest BCUT2D eigenvalue weighted by Gasteiger charge is 2.20. The van der Waals surface area contributed by atoms with E-state index in [2.05, 4.69) is 12.0 Å². The molecule has 1 N–H and O–H groups in total. The summed E-state index contributed by atoms with van der Waals surface area (Å²) >= 11 is 11.9. The van der Waals surface area contributed by atoms with Gasteiger partial charge < -0.3 is 9.84 Å². The summed E-state index contributed by atoms with van der Waals surface area (Å²) in [6.45, 7) is 2.79. The lowest BCUT2D eigenvalue weighted by molar-refractivity contribution is 0.162. The number of ether oxygens (including phenoxy) is 1. The van der Waals surface area contributed by atoms with Crippen LogP contribution in [0.1, 0.15) is 30.7 Å². The van der Waals surface area contributed by atoms with Crippen molar-refractivity contribution in [3.8, 4) is 5.75 Å². The van der Waals surface area contributed by atoms with Gasteiger partial charge in [0.15, 0.2) is 5.75 Å². The Morgan fingerprint density at radius 2 is 2.10 bits per heavy atom. The molecular weight excluding hydrogens is 311 g/mol. The second-order valence-electron chi connectivity index (χ2n) is 4.79. The smallest absolute Gasteiger partial charge is 0.162 e. The number of aliphatic hydroxyl groups is 1. The van der Waals surface area contributed by atoms with E-state index in [9.17, 15) is 5.11 Å². The van der Waals surface area contributed by atoms with E-state index in [0.717, 1.165) is 18.5 Å². The predicted octanol–water partition coefficient (Wildman–Crippen LogP) is 3.88. The summed E-state index contributed by atoms with van der Waals surface area (Å²) in [6, 6.07) is 5.34. The number of hydrogen-bond acceptors (Lipinski definition) is 3. The zero-order valence-corrected chi connectivity index (χ0v) is 13.5. The van der Waals surface area contributed by atoms with Gasteiger partial charge in [0.05, 0.1) is 23.4 Å². The van der Waals surface area contributed by atoms with E-state index >= 15 is 0 Å². The fourth-order valence-electron chi connectivity index (χ4n) is 2.25. The Morgan fingerprint density at radius 3 is 2.71 bits per heavy atom. The van der Waals surface area contributed by atoms with Gasteiger partial charge >= 0.3 is 0 Å². The van der Waals surface area contributed by atoms with Gasteiger partial charge in [-0.25, -0.2) is 0 Å². The van der Waals surface area contributed by atoms with Crippen LogP contribution in [-0.2, 0) is 13.0 Å². The van der Waals surface area contributed by atoms with Crippen LogP contribution < -0.4 is 4.74 Å². The maximum absolute atomic E-state index is 10.5. The first-order valence-corrected chi connectivity index (χ1v) is 7.54. The van der Waals surface area contributed by atoms with Crippen molar-refractivity contribution in [2.24, 2.45) is 0 Å². The van der Waals surface area contributed by atoms with Gasteiger partial charge in [-0.1, -0.05) is 36.2 Å². The summed E-state index contributed by atoms with van der Waals surface area (Å²) in [5, 5.41) is 15.8. The Hall–Kier alpha value is -1.23. The van der Waals surface area contributed by atoms with E-state index in [1.807, 2.05) is 6.07 Å². The van der Waals surface area contributed by atoms with Crippen molar-refractivity contribution in [1.82, 2.24) is 9.78 Å². The number of nitrogens with zero attached hydrogens (tertiary/aromatic N) is 2. The number of aliphatic hydroxyl groups excluding tert-OH is 1. The van der Waals surface area contributed by atoms with Gasteiger partial charge in [-0.2, -0.15) is 5.10 Å². The van der Waals surface area contributed by atoms with Gasteiger partial charge in [-0.3, -0.25) is 4.68 Å². The van der Waals surface area contributed by atoms with Gasteiger partial charge in [-0.15, -0.1) is 0 Å². The zero-order chi connectivity index (χ0) is 15.4. The number of aromatic nitrogens is 2. The standard InChI is InChI=1S/C15H18Cl2N2O2/c1-3-6-19-15(14(21-2)9-18-19)13(20)8-10-4-5-11(16)12(17)7-10/h4-5,7,9,13,20H,3,6,8H2,1-2H3. The van der Waals surface area contributed by atoms with Crippen molar-refractivity contribution >= 4 is 23.2 Å². The van der Waals surface area contributed by atoms with E-state index in [0.29, 0.717) is 27.9 Å². The van der Waals surface area contributed by atoms with E-state index in [-0.39, 0.29) is 0 Å². The minimum Gasteiger partial charge on any atom is -0.493 e. The lowest BCUT2D eigenvalue weighted by Crippen LogP contribution is -2.12. The third-order valence-corrected chi connectivity index (χ3v) is 3.97. The second-order valence-corrected chi connectivity index (χ2v) is 5.60. The lowest BCUT2D eigenvalue weighted by atomic mass is 10.1. The van der Waals surface area contributed by atoms with Crippen LogP contribution in [0, 0.1) is 0 Å². The maximum atomic E-state index is 10.5. The Kier molecular flexibility index (Phi) is 5.51. The van der Waals surface area contributed by atoms with E-state index in [1.165, 1.54) is 0 Å². The number of benzene rings is 1. The van der Waals surface area contributed by atoms with Crippen LogP contribution >= 0.6 is 23.2 Å². The molecule has 0 aliphatic heterocycles. The van der Waals surface area contributed by atoms with E-state index < -0.39 is 6.10 Å². The molecule has 0 bridgehead atoms. The molecule has 0 aliphatic rings. The highest BCUT2D eigenvalue weighted by atomic mass is 35.5. The fraction of sp³-hybridized carbons (Fsp3) is 0.400. The summed E-state index contributed by atoms with van der Waals surface area (Å²) in [7, 11) is 1.57. The summed E-state index contributed by atoms with van der Waals surface area (Å²) in [5.74, 6) is 0.594. The summed E-state index contributed by atoms with van der Waals surface area (Å²) in [5.41, 5.74) is 1.59. The normalized spacial score (nSPS) is 12.4. The second kappa shape index (κ2) is 7.16. The molecule has 0 aliphatic carbocycles. The molecule has 0 radical (unpaired) electrons. The molecule has 1 atom stereocenters. The largest absolute Gasteiger partial charge is 0.493 e. The van der Waals surface area contributed by atoms with Crippen LogP contribution in [0.5, 0.6) is 5.75 Å². The number of aryl methyl sites for hydroxylation is 1. The quantitative estimate of drug-likeness (QED) is 0.875. The van der Waals surface area contributed by atoms with Crippen LogP contribution in [0.4, 0.5) is 0 Å². The lowest BCUT2D eigenvalue weighted by Gasteiger charge is -2.15. The molecule has 21 heavy (non-hydrogen) atoms. The molecule has 114 valence electrons. The van der Waals surface area contributed by atoms with Gasteiger partial charge in [0.25, 0.3) is 0 Å². The molecule has 6 heteroatoms. The molecule has 0 fully saturated rings. The summed E-state index contributed by atoms with van der Waals surface area (Å²) in [4.78, 5) is 0. The first kappa shape index (κ1) is 16.1. The summed E-state index contributed by atoms with van der Waals surface area (Å²) in [6.07, 6.45) is 2.26. The monoisotopic (exact) mass is 328 g/mol. The van der Waals surface area contributed by atoms with Crippen LogP contribution in [0.2, 0.25) is 10.0 Å². The number of halogens is 2. The molecule has 2 aromatic rings. The van der Waals surface area contributed by atoms with Crippen LogP contribution in [0.3, 0.4) is 0 Å². The number of hydrogen-bond donors (Lipinski definition) is 1. The molecule has 0 amide bonds. The Morgan fingerprint density at radius 1 is 1.33 bits per heavy atom. The van der Waals surface area contributed by atoms with Crippen LogP contribution in [0.25, 0.3) is 0 Å². The molecule has 1 heterocycles. The predicted molar refractivity (Wildman–Crippen MR) is 84.2 cm³/mol. The van der Waals surface area contributed by atoms with Crippen molar-refractivity contribution in [2.45, 2.75) is 32.4 Å². The fourth-order valence-corrected chi connectivity index (χ4v) is 2.57. The van der Waals surface area contributed by atoms with E-state index in [4.69, 9.17) is 27.9 Å². The summed E-state index contributed by atoms with van der Waals surface area (Å²) < 4.78 is 7.06. The van der Waals surface area contributed by atoms with Gasteiger partial charge in [0.2, 0.25) is 0 Å². The average Bonchev–Trinajstić information content (AvgIpc) is 2.86. The average molecular weight is 329 g/mol. The third-order valence-electron chi connectivity index (χ3n) is 3.23. The van der Waals surface area contributed by atoms with Crippen molar-refractivity contribution in [3.05, 3.63) is 45.7 Å². The molecule has 4 nitrogen and oxygen atoms in total. The van der Waals surface area contributed by atoms with Crippen molar-refractivity contribution in [1.29, 1.82) is 0 Å². The van der Waals surface area contributed by atoms with Gasteiger partial charge in [0.1, 0.15) is 11.8 Å². The highest BCUT2D eigenvalue weighted by molar-refractivity contribution is 6.42. The minimum absolute atomic E-state index is 0.419. The Labute approximate surface area is 134 Å². The topological polar surface area (TPSA) is 47.3 Å². The molecule has 1 aromatic carbocycles. The van der Waals surface area contributed by atoms with Crippen molar-refractivity contribution < 1.29 is 9.84 Å². The Bertz CT molecular complexity index is 614. The molecule has 1 aromatic heterocycles. The zero-order valence-electron chi connectivity index (χ0n) is 12.0. The Balaban J connectivity index is 2.24. The first-order valence-electron chi connectivity index (χ1n) is 6.78. The highest BCUT2D eigenvalue weighted by Crippen LogP contribution is 2.29. The molecule has 0 saturated heterocycles. The molecular formula is C15H18Cl2N2O2. The van der Waals surface area contributed by atoms with Gasteiger partial charge in [-0.05, 0) is 24.1 Å². The molecule has 2 rings (SSSR count). The van der Waals surface area contributed by atoms with Crippen LogP contribution in [0.15, 0.2) is 24.4 Å².